The van der Waals surface area contributed by atoms with Gasteiger partial charge in [-0.1, -0.05) is 29.8 Å². The van der Waals surface area contributed by atoms with Crippen molar-refractivity contribution in [3.05, 3.63) is 71.3 Å². The van der Waals surface area contributed by atoms with Crippen molar-refractivity contribution in [2.75, 3.05) is 17.9 Å². The van der Waals surface area contributed by atoms with Crippen LogP contribution in [0.15, 0.2) is 65.1 Å². The number of benzene rings is 2. The van der Waals surface area contributed by atoms with Crippen molar-refractivity contribution in [1.29, 1.82) is 0 Å². The normalized spacial score (nSPS) is 14.2. The number of allylic oxidation sites excluding steroid dienone is 1. The molecule has 0 spiro atoms. The lowest BCUT2D eigenvalue weighted by molar-refractivity contribution is 0.0954. The molecule has 3 rings (SSSR count). The van der Waals surface area contributed by atoms with Crippen molar-refractivity contribution in [1.82, 2.24) is 5.32 Å². The Kier molecular flexibility index (Phi) is 6.75. The third-order valence-corrected chi connectivity index (χ3v) is 7.10. The minimum Gasteiger partial charge on any atom is -0.352 e. The molecule has 154 valence electrons. The summed E-state index contributed by atoms with van der Waals surface area (Å²) < 4.78 is 26.9. The number of sulfonamides is 1. The van der Waals surface area contributed by atoms with E-state index in [9.17, 15) is 13.2 Å². The SMILES string of the molecule is Cc1cc(C(=O)NCCC2=CCCCC2)ccc1N(C)S(=O)(=O)c1ccccc1. The molecule has 29 heavy (non-hydrogen) atoms. The van der Waals surface area contributed by atoms with Crippen molar-refractivity contribution in [2.24, 2.45) is 0 Å². The lowest BCUT2D eigenvalue weighted by Gasteiger charge is -2.22. The Morgan fingerprint density at radius 2 is 1.86 bits per heavy atom. The monoisotopic (exact) mass is 412 g/mol. The number of rotatable bonds is 7. The average Bonchev–Trinajstić information content (AvgIpc) is 2.74. The van der Waals surface area contributed by atoms with Crippen molar-refractivity contribution in [2.45, 2.75) is 43.9 Å². The summed E-state index contributed by atoms with van der Waals surface area (Å²) in [4.78, 5) is 12.7. The molecule has 1 aliphatic carbocycles. The minimum absolute atomic E-state index is 0.135. The Balaban J connectivity index is 1.67. The third kappa shape index (κ3) is 5.07. The molecule has 0 aliphatic heterocycles. The fraction of sp³-hybridized carbons (Fsp3) is 0.348. The van der Waals surface area contributed by atoms with Crippen molar-refractivity contribution in [3.63, 3.8) is 0 Å². The number of nitrogens with one attached hydrogen (secondary N) is 1. The molecule has 0 aromatic heterocycles. The smallest absolute Gasteiger partial charge is 0.264 e. The van der Waals surface area contributed by atoms with Gasteiger partial charge in [-0.2, -0.15) is 0 Å². The first kappa shape index (κ1) is 21.1. The summed E-state index contributed by atoms with van der Waals surface area (Å²) in [5.74, 6) is -0.135. The Morgan fingerprint density at radius 1 is 1.10 bits per heavy atom. The van der Waals surface area contributed by atoms with Crippen LogP contribution in [0.5, 0.6) is 0 Å². The van der Waals surface area contributed by atoms with E-state index in [0.29, 0.717) is 17.8 Å². The maximum absolute atomic E-state index is 12.8. The van der Waals surface area contributed by atoms with Gasteiger partial charge in [0, 0.05) is 19.2 Å². The van der Waals surface area contributed by atoms with Crippen LogP contribution in [-0.4, -0.2) is 27.9 Å². The van der Waals surface area contributed by atoms with Gasteiger partial charge >= 0.3 is 0 Å². The van der Waals surface area contributed by atoms with Crippen molar-refractivity contribution in [3.8, 4) is 0 Å². The number of carbonyl (C=O) groups is 1. The quantitative estimate of drug-likeness (QED) is 0.684. The number of aryl methyl sites for hydroxylation is 1. The van der Waals surface area contributed by atoms with E-state index in [1.54, 1.807) is 48.5 Å². The molecule has 1 amide bonds. The first-order valence-electron chi connectivity index (χ1n) is 10.0. The van der Waals surface area contributed by atoms with E-state index in [1.807, 2.05) is 6.92 Å². The predicted molar refractivity (Wildman–Crippen MR) is 117 cm³/mol. The summed E-state index contributed by atoms with van der Waals surface area (Å²) in [6.07, 6.45) is 7.95. The van der Waals surface area contributed by atoms with Crippen LogP contribution in [0.1, 0.15) is 48.0 Å². The van der Waals surface area contributed by atoms with Gasteiger partial charge in [-0.25, -0.2) is 8.42 Å². The van der Waals surface area contributed by atoms with Crippen LogP contribution in [0.4, 0.5) is 5.69 Å². The summed E-state index contributed by atoms with van der Waals surface area (Å²) in [5.41, 5.74) is 3.25. The molecule has 1 N–H and O–H groups in total. The standard InChI is InChI=1S/C23H28N2O3S/c1-18-17-20(23(26)24-16-15-19-9-5-3-6-10-19)13-14-22(18)25(2)29(27,28)21-11-7-4-8-12-21/h4,7-9,11-14,17H,3,5-6,10,15-16H2,1-2H3,(H,24,26). The highest BCUT2D eigenvalue weighted by molar-refractivity contribution is 7.92. The van der Waals surface area contributed by atoms with Gasteiger partial charge in [-0.15, -0.1) is 0 Å². The summed E-state index contributed by atoms with van der Waals surface area (Å²) in [6, 6.07) is 13.4. The third-order valence-electron chi connectivity index (χ3n) is 5.32. The molecule has 0 unspecified atom stereocenters. The second kappa shape index (κ2) is 9.27. The fourth-order valence-corrected chi connectivity index (χ4v) is 4.88. The summed E-state index contributed by atoms with van der Waals surface area (Å²) in [5, 5.41) is 2.97. The van der Waals surface area contributed by atoms with Gasteiger partial charge in [-0.3, -0.25) is 9.10 Å². The zero-order valence-electron chi connectivity index (χ0n) is 17.0. The zero-order valence-corrected chi connectivity index (χ0v) is 17.8. The Morgan fingerprint density at radius 3 is 2.52 bits per heavy atom. The van der Waals surface area contributed by atoms with Crippen LogP contribution in [0.2, 0.25) is 0 Å². The van der Waals surface area contributed by atoms with Crippen molar-refractivity contribution >= 4 is 21.6 Å². The number of hydrogen-bond donors (Lipinski definition) is 1. The Hall–Kier alpha value is -2.60. The fourth-order valence-electron chi connectivity index (χ4n) is 3.60. The molecule has 0 bridgehead atoms. The van der Waals surface area contributed by atoms with E-state index >= 15 is 0 Å². The topological polar surface area (TPSA) is 66.5 Å². The maximum Gasteiger partial charge on any atom is 0.264 e. The minimum atomic E-state index is -3.65. The van der Waals surface area contributed by atoms with E-state index in [1.165, 1.54) is 29.8 Å². The van der Waals surface area contributed by atoms with E-state index in [2.05, 4.69) is 11.4 Å². The van der Waals surface area contributed by atoms with Gasteiger partial charge in [0.2, 0.25) is 0 Å². The van der Waals surface area contributed by atoms with Crippen molar-refractivity contribution < 1.29 is 13.2 Å². The molecule has 6 heteroatoms. The Labute approximate surface area is 173 Å². The number of nitrogens with zero attached hydrogens (tertiary/aromatic N) is 1. The molecular weight excluding hydrogens is 384 g/mol. The molecule has 5 nitrogen and oxygen atoms in total. The molecule has 0 atom stereocenters. The molecule has 0 radical (unpaired) electrons. The highest BCUT2D eigenvalue weighted by atomic mass is 32.2. The van der Waals surface area contributed by atoms with Gasteiger partial charge in [0.1, 0.15) is 0 Å². The van der Waals surface area contributed by atoms with Gasteiger partial charge in [0.05, 0.1) is 10.6 Å². The zero-order chi connectivity index (χ0) is 20.9. The summed E-state index contributed by atoms with van der Waals surface area (Å²) >= 11 is 0. The van der Waals surface area contributed by atoms with Crippen LogP contribution in [-0.2, 0) is 10.0 Å². The van der Waals surface area contributed by atoms with E-state index in [-0.39, 0.29) is 10.8 Å². The van der Waals surface area contributed by atoms with Gasteiger partial charge in [-0.05, 0) is 74.9 Å². The molecule has 0 fully saturated rings. The largest absolute Gasteiger partial charge is 0.352 e. The number of anilines is 1. The van der Waals surface area contributed by atoms with E-state index in [0.717, 1.165) is 24.8 Å². The number of hydrogen-bond acceptors (Lipinski definition) is 3. The molecule has 2 aromatic rings. The molecule has 0 heterocycles. The second-order valence-corrected chi connectivity index (χ2v) is 9.37. The summed E-state index contributed by atoms with van der Waals surface area (Å²) in [7, 11) is -2.12. The van der Waals surface area contributed by atoms with E-state index < -0.39 is 10.0 Å². The average molecular weight is 413 g/mol. The lowest BCUT2D eigenvalue weighted by Crippen LogP contribution is -2.28. The summed E-state index contributed by atoms with van der Waals surface area (Å²) in [6.45, 7) is 2.43. The van der Waals surface area contributed by atoms with Gasteiger partial charge in [0.25, 0.3) is 15.9 Å². The number of carbonyl (C=O) groups excluding carboxylic acids is 1. The van der Waals surface area contributed by atoms with E-state index in [4.69, 9.17) is 0 Å². The van der Waals surface area contributed by atoms with Crippen LogP contribution < -0.4 is 9.62 Å². The number of amides is 1. The predicted octanol–water partition coefficient (Wildman–Crippen LogP) is 4.44. The van der Waals surface area contributed by atoms with Crippen LogP contribution in [0, 0.1) is 6.92 Å². The van der Waals surface area contributed by atoms with Gasteiger partial charge < -0.3 is 5.32 Å². The molecule has 0 saturated carbocycles. The van der Waals surface area contributed by atoms with Crippen LogP contribution in [0.3, 0.4) is 0 Å². The first-order chi connectivity index (χ1) is 13.9. The lowest BCUT2D eigenvalue weighted by atomic mass is 9.97. The van der Waals surface area contributed by atoms with Crippen LogP contribution >= 0.6 is 0 Å². The molecule has 2 aromatic carbocycles. The highest BCUT2D eigenvalue weighted by Crippen LogP contribution is 2.26. The molecule has 1 aliphatic rings. The first-order valence-corrected chi connectivity index (χ1v) is 11.4. The molecular formula is C23H28N2O3S. The Bertz CT molecular complexity index is 998. The van der Waals surface area contributed by atoms with Gasteiger partial charge in [0.15, 0.2) is 0 Å². The second-order valence-electron chi connectivity index (χ2n) is 7.40. The highest BCUT2D eigenvalue weighted by Gasteiger charge is 2.22. The van der Waals surface area contributed by atoms with Crippen LogP contribution in [0.25, 0.3) is 0 Å². The maximum atomic E-state index is 12.8. The molecule has 0 saturated heterocycles.